The van der Waals surface area contributed by atoms with Crippen molar-refractivity contribution in [2.45, 2.75) is 32.2 Å². The Morgan fingerprint density at radius 3 is 2.94 bits per heavy atom. The van der Waals surface area contributed by atoms with E-state index < -0.39 is 0 Å². The van der Waals surface area contributed by atoms with E-state index in [2.05, 4.69) is 16.8 Å². The summed E-state index contributed by atoms with van der Waals surface area (Å²) in [5.74, 6) is 0.196. The molecule has 0 spiro atoms. The lowest BCUT2D eigenvalue weighted by Gasteiger charge is -2.23. The predicted molar refractivity (Wildman–Crippen MR) is 69.1 cm³/mol. The van der Waals surface area contributed by atoms with Crippen molar-refractivity contribution in [1.82, 2.24) is 4.98 Å². The maximum Gasteiger partial charge on any atom is 0.186 e. The Kier molecular flexibility index (Phi) is 3.79. The van der Waals surface area contributed by atoms with Gasteiger partial charge in [-0.25, -0.2) is 4.98 Å². The first-order valence-electron chi connectivity index (χ1n) is 5.88. The second-order valence-corrected chi connectivity index (χ2v) is 5.52. The third-order valence-electron chi connectivity index (χ3n) is 3.13. The molecule has 2 rings (SSSR count). The molecule has 1 aliphatic carbocycles. The number of fused-ring (bicyclic) bond motifs is 1. The maximum absolute atomic E-state index is 11.7. The summed E-state index contributed by atoms with van der Waals surface area (Å²) in [5.41, 5.74) is 0.702. The normalized spacial score (nSPS) is 16.8. The average Bonchev–Trinajstić information content (AvgIpc) is 2.73. The van der Waals surface area contributed by atoms with Gasteiger partial charge in [0.25, 0.3) is 0 Å². The van der Waals surface area contributed by atoms with Crippen LogP contribution in [0.25, 0.3) is 0 Å². The van der Waals surface area contributed by atoms with Gasteiger partial charge in [-0.05, 0) is 19.8 Å². The molecule has 0 saturated heterocycles. The molecule has 94 valence electrons. The van der Waals surface area contributed by atoms with Crippen LogP contribution in [0.5, 0.6) is 0 Å². The molecular formula is C12H18N2O2S. The molecule has 1 aromatic rings. The number of carbonyl (C=O) groups is 1. The van der Waals surface area contributed by atoms with Crippen LogP contribution in [0.3, 0.4) is 0 Å². The minimum absolute atomic E-state index is 0.196. The van der Waals surface area contributed by atoms with E-state index in [0.29, 0.717) is 18.7 Å². The van der Waals surface area contributed by atoms with Gasteiger partial charge in [-0.1, -0.05) is 0 Å². The lowest BCUT2D eigenvalue weighted by molar-refractivity contribution is 0.0968. The third kappa shape index (κ3) is 2.50. The Bertz CT molecular complexity index is 417. The number of ether oxygens (including phenoxy) is 1. The fourth-order valence-electron chi connectivity index (χ4n) is 1.95. The number of methoxy groups -OCH3 is 1. The van der Waals surface area contributed by atoms with Gasteiger partial charge in [0.15, 0.2) is 10.9 Å². The zero-order chi connectivity index (χ0) is 12.4. The highest BCUT2D eigenvalue weighted by Crippen LogP contribution is 2.31. The molecule has 0 aromatic carbocycles. The molecule has 0 aliphatic heterocycles. The van der Waals surface area contributed by atoms with E-state index >= 15 is 0 Å². The van der Waals surface area contributed by atoms with E-state index in [1.807, 2.05) is 7.05 Å². The number of thiazole rings is 1. The van der Waals surface area contributed by atoms with Crippen LogP contribution in [0.15, 0.2) is 0 Å². The van der Waals surface area contributed by atoms with Crippen molar-refractivity contribution in [1.29, 1.82) is 0 Å². The van der Waals surface area contributed by atoms with E-state index in [9.17, 15) is 4.79 Å². The van der Waals surface area contributed by atoms with E-state index in [-0.39, 0.29) is 11.8 Å². The molecule has 1 aliphatic rings. The second kappa shape index (κ2) is 5.14. The van der Waals surface area contributed by atoms with E-state index in [1.165, 1.54) is 0 Å². The van der Waals surface area contributed by atoms with E-state index in [0.717, 1.165) is 22.9 Å². The van der Waals surface area contributed by atoms with Crippen LogP contribution in [0.1, 0.15) is 35.1 Å². The number of aromatic nitrogens is 1. The smallest absolute Gasteiger partial charge is 0.186 e. The van der Waals surface area contributed by atoms with E-state index in [1.54, 1.807) is 18.4 Å². The van der Waals surface area contributed by atoms with E-state index in [4.69, 9.17) is 4.74 Å². The summed E-state index contributed by atoms with van der Waals surface area (Å²) in [4.78, 5) is 19.4. The molecule has 4 nitrogen and oxygen atoms in total. The van der Waals surface area contributed by atoms with Gasteiger partial charge in [0, 0.05) is 25.5 Å². The van der Waals surface area contributed by atoms with Gasteiger partial charge in [-0.2, -0.15) is 0 Å². The van der Waals surface area contributed by atoms with Crippen LogP contribution in [0.2, 0.25) is 0 Å². The highest BCUT2D eigenvalue weighted by atomic mass is 32.1. The summed E-state index contributed by atoms with van der Waals surface area (Å²) < 4.78 is 5.14. The zero-order valence-electron chi connectivity index (χ0n) is 10.5. The number of likely N-dealkylation sites (N-methyl/N-ethyl adjacent to an activating group) is 1. The molecule has 1 aromatic heterocycles. The molecular weight excluding hydrogens is 236 g/mol. The highest BCUT2D eigenvalue weighted by Gasteiger charge is 2.24. The van der Waals surface area contributed by atoms with Gasteiger partial charge in [0.2, 0.25) is 0 Å². The summed E-state index contributed by atoms with van der Waals surface area (Å²) in [6.45, 7) is 2.75. The van der Waals surface area contributed by atoms with Gasteiger partial charge in [-0.3, -0.25) is 4.79 Å². The Hall–Kier alpha value is -0.940. The largest absolute Gasteiger partial charge is 0.383 e. The minimum atomic E-state index is 0.196. The molecule has 17 heavy (non-hydrogen) atoms. The fourth-order valence-corrected chi connectivity index (χ4v) is 3.13. The SMILES string of the molecule is COCC(C)N(C)c1nc2c(s1)CCCC2=O. The van der Waals surface area contributed by atoms with Crippen LogP contribution < -0.4 is 4.90 Å². The Labute approximate surface area is 106 Å². The second-order valence-electron chi connectivity index (χ2n) is 4.46. The number of anilines is 1. The molecule has 1 heterocycles. The fraction of sp³-hybridized carbons (Fsp3) is 0.667. The van der Waals surface area contributed by atoms with Crippen molar-refractivity contribution >= 4 is 22.3 Å². The van der Waals surface area contributed by atoms with Gasteiger partial charge in [0.1, 0.15) is 5.69 Å². The third-order valence-corrected chi connectivity index (χ3v) is 4.33. The summed E-state index contributed by atoms with van der Waals surface area (Å²) >= 11 is 1.64. The maximum atomic E-state index is 11.7. The van der Waals surface area contributed by atoms with Crippen molar-refractivity contribution < 1.29 is 9.53 Å². The molecule has 0 fully saturated rings. The van der Waals surface area contributed by atoms with Gasteiger partial charge >= 0.3 is 0 Å². The first kappa shape index (κ1) is 12.5. The van der Waals surface area contributed by atoms with Crippen molar-refractivity contribution in [2.24, 2.45) is 0 Å². The zero-order valence-corrected chi connectivity index (χ0v) is 11.3. The summed E-state index contributed by atoms with van der Waals surface area (Å²) in [6, 6.07) is 0.266. The molecule has 0 amide bonds. The van der Waals surface area contributed by atoms with Crippen molar-refractivity contribution in [3.63, 3.8) is 0 Å². The monoisotopic (exact) mass is 254 g/mol. The van der Waals surface area contributed by atoms with Crippen LogP contribution >= 0.6 is 11.3 Å². The predicted octanol–water partition coefficient (Wildman–Crippen LogP) is 2.13. The highest BCUT2D eigenvalue weighted by molar-refractivity contribution is 7.16. The van der Waals surface area contributed by atoms with Gasteiger partial charge < -0.3 is 9.64 Å². The quantitative estimate of drug-likeness (QED) is 0.825. The molecule has 1 unspecified atom stereocenters. The molecule has 0 bridgehead atoms. The van der Waals surface area contributed by atoms with Crippen LogP contribution in [-0.4, -0.2) is 37.6 Å². The standard InChI is InChI=1S/C12H18N2O2S/c1-8(7-16-3)14(2)12-13-11-9(15)5-4-6-10(11)17-12/h8H,4-7H2,1-3H3. The summed E-state index contributed by atoms with van der Waals surface area (Å²) in [6.07, 6.45) is 2.60. The number of ketones is 1. The number of aryl methyl sites for hydroxylation is 1. The topological polar surface area (TPSA) is 42.4 Å². The summed E-state index contributed by atoms with van der Waals surface area (Å²) in [5, 5.41) is 0.926. The first-order valence-corrected chi connectivity index (χ1v) is 6.69. The Balaban J connectivity index is 2.19. The summed E-state index contributed by atoms with van der Waals surface area (Å²) in [7, 11) is 3.69. The number of nitrogens with zero attached hydrogens (tertiary/aromatic N) is 2. The number of Topliss-reactive ketones (excluding diaryl/α,β-unsaturated/α-hetero) is 1. The number of hydrogen-bond acceptors (Lipinski definition) is 5. The molecule has 0 saturated carbocycles. The Morgan fingerprint density at radius 2 is 2.29 bits per heavy atom. The van der Waals surface area contributed by atoms with Crippen molar-refractivity contribution in [3.05, 3.63) is 10.6 Å². The van der Waals surface area contributed by atoms with Crippen LogP contribution in [-0.2, 0) is 11.2 Å². The van der Waals surface area contributed by atoms with Crippen molar-refractivity contribution in [3.8, 4) is 0 Å². The van der Waals surface area contributed by atoms with Crippen LogP contribution in [0, 0.1) is 0 Å². The first-order chi connectivity index (χ1) is 8.13. The molecule has 0 radical (unpaired) electrons. The molecule has 0 N–H and O–H groups in total. The lowest BCUT2D eigenvalue weighted by atomic mass is 10.0. The number of carbonyl (C=O) groups excluding carboxylic acids is 1. The Morgan fingerprint density at radius 1 is 1.53 bits per heavy atom. The van der Waals surface area contributed by atoms with Crippen LogP contribution in [0.4, 0.5) is 5.13 Å². The van der Waals surface area contributed by atoms with Gasteiger partial charge in [0.05, 0.1) is 12.6 Å². The molecule has 1 atom stereocenters. The molecule has 5 heteroatoms. The number of hydrogen-bond donors (Lipinski definition) is 0. The average molecular weight is 254 g/mol. The minimum Gasteiger partial charge on any atom is -0.383 e. The lowest BCUT2D eigenvalue weighted by Crippen LogP contribution is -2.32. The van der Waals surface area contributed by atoms with Crippen molar-refractivity contribution in [2.75, 3.05) is 25.7 Å². The number of rotatable bonds is 4. The van der Waals surface area contributed by atoms with Gasteiger partial charge in [-0.15, -0.1) is 11.3 Å².